The second kappa shape index (κ2) is 5.40. The highest BCUT2D eigenvalue weighted by atomic mass is 32.2. The number of sulfonamides is 1. The first kappa shape index (κ1) is 13.9. The Hall–Kier alpha value is -1.02. The summed E-state index contributed by atoms with van der Waals surface area (Å²) in [6, 6.07) is 3.67. The third-order valence-electron chi connectivity index (χ3n) is 4.19. The Bertz CT molecular complexity index is 573. The van der Waals surface area contributed by atoms with Gasteiger partial charge in [0, 0.05) is 38.4 Å². The largest absolute Gasteiger partial charge is 0.325 e. The summed E-state index contributed by atoms with van der Waals surface area (Å²) < 4.78 is 26.8. The van der Waals surface area contributed by atoms with Crippen LogP contribution in [0.3, 0.4) is 0 Å². The van der Waals surface area contributed by atoms with E-state index in [9.17, 15) is 8.42 Å². The van der Waals surface area contributed by atoms with Crippen LogP contribution in [0.4, 0.5) is 0 Å². The van der Waals surface area contributed by atoms with Gasteiger partial charge in [-0.25, -0.2) is 8.42 Å². The van der Waals surface area contributed by atoms with Crippen molar-refractivity contribution in [3.05, 3.63) is 24.0 Å². The number of piperazine rings is 1. The predicted octanol–water partition coefficient (Wildman–Crippen LogP) is 0.00900. The molecular formula is C13H20N4O2S. The van der Waals surface area contributed by atoms with Crippen molar-refractivity contribution >= 4 is 10.0 Å². The van der Waals surface area contributed by atoms with Crippen LogP contribution >= 0.6 is 0 Å². The molecule has 0 amide bonds. The molecule has 0 saturated carbocycles. The second-order valence-electron chi connectivity index (χ2n) is 5.38. The fraction of sp³-hybridized carbons (Fsp3) is 0.615. The van der Waals surface area contributed by atoms with Gasteiger partial charge in [0.2, 0.25) is 10.0 Å². The van der Waals surface area contributed by atoms with E-state index in [-0.39, 0.29) is 4.90 Å². The molecule has 0 aromatic carbocycles. The van der Waals surface area contributed by atoms with Crippen LogP contribution in [-0.2, 0) is 16.6 Å². The average molecular weight is 296 g/mol. The number of hydrogen-bond donors (Lipinski definition) is 1. The highest BCUT2D eigenvalue weighted by molar-refractivity contribution is 7.89. The molecule has 0 bridgehead atoms. The quantitative estimate of drug-likeness (QED) is 0.850. The fourth-order valence-electron chi connectivity index (χ4n) is 3.01. The highest BCUT2D eigenvalue weighted by Gasteiger charge is 2.36. The highest BCUT2D eigenvalue weighted by Crippen LogP contribution is 2.25. The number of nitrogens with zero attached hydrogens (tertiary/aromatic N) is 3. The third kappa shape index (κ3) is 2.46. The Balaban J connectivity index is 1.80. The van der Waals surface area contributed by atoms with Crippen molar-refractivity contribution in [3.8, 4) is 0 Å². The van der Waals surface area contributed by atoms with Crippen LogP contribution in [0.2, 0.25) is 0 Å². The van der Waals surface area contributed by atoms with E-state index in [1.165, 1.54) is 12.6 Å². The van der Waals surface area contributed by atoms with Crippen molar-refractivity contribution in [2.24, 2.45) is 5.73 Å². The van der Waals surface area contributed by atoms with Gasteiger partial charge >= 0.3 is 0 Å². The normalized spacial score (nSPS) is 24.8. The van der Waals surface area contributed by atoms with Gasteiger partial charge in [-0.05, 0) is 31.5 Å². The maximum atomic E-state index is 12.6. The summed E-state index contributed by atoms with van der Waals surface area (Å²) in [6.07, 6.45) is 3.68. The molecule has 0 spiro atoms. The minimum absolute atomic E-state index is 0.265. The summed E-state index contributed by atoms with van der Waals surface area (Å²) >= 11 is 0. The van der Waals surface area contributed by atoms with E-state index < -0.39 is 10.0 Å². The molecule has 6 nitrogen and oxygen atoms in total. The van der Waals surface area contributed by atoms with Crippen LogP contribution in [0.1, 0.15) is 18.5 Å². The number of pyridine rings is 1. The van der Waals surface area contributed by atoms with Crippen molar-refractivity contribution in [1.82, 2.24) is 14.2 Å². The summed E-state index contributed by atoms with van der Waals surface area (Å²) in [6.45, 7) is 3.42. The van der Waals surface area contributed by atoms with Gasteiger partial charge in [-0.15, -0.1) is 0 Å². The van der Waals surface area contributed by atoms with Crippen molar-refractivity contribution in [1.29, 1.82) is 0 Å². The Kier molecular flexibility index (Phi) is 3.76. The molecule has 1 atom stereocenters. The van der Waals surface area contributed by atoms with Gasteiger partial charge in [0.05, 0.1) is 5.69 Å². The zero-order chi connectivity index (χ0) is 14.2. The number of rotatable bonds is 3. The zero-order valence-electron chi connectivity index (χ0n) is 11.4. The van der Waals surface area contributed by atoms with E-state index in [0.717, 1.165) is 19.5 Å². The van der Waals surface area contributed by atoms with Crippen LogP contribution in [0.25, 0.3) is 0 Å². The standard InChI is InChI=1S/C13H20N4O2S/c14-8-11-3-4-13(9-15-11)20(18,19)17-7-6-16-5-1-2-12(16)10-17/h3-4,9,12H,1-2,5-8,10,14H2. The predicted molar refractivity (Wildman–Crippen MR) is 75.5 cm³/mol. The molecule has 0 aliphatic carbocycles. The lowest BCUT2D eigenvalue weighted by molar-refractivity contribution is 0.158. The summed E-state index contributed by atoms with van der Waals surface area (Å²) in [5.74, 6) is 0. The van der Waals surface area contributed by atoms with Gasteiger partial charge in [0.25, 0.3) is 0 Å². The number of nitrogens with two attached hydrogens (primary N) is 1. The molecule has 3 heterocycles. The maximum absolute atomic E-state index is 12.6. The smallest absolute Gasteiger partial charge is 0.244 e. The molecule has 20 heavy (non-hydrogen) atoms. The summed E-state index contributed by atoms with van der Waals surface area (Å²) in [7, 11) is -3.42. The summed E-state index contributed by atoms with van der Waals surface area (Å²) in [4.78, 5) is 6.74. The molecule has 2 fully saturated rings. The van der Waals surface area contributed by atoms with Crippen molar-refractivity contribution in [2.45, 2.75) is 30.3 Å². The molecule has 1 aromatic rings. The molecule has 110 valence electrons. The number of hydrogen-bond acceptors (Lipinski definition) is 5. The molecule has 2 N–H and O–H groups in total. The summed E-state index contributed by atoms with van der Waals surface area (Å²) in [5.41, 5.74) is 6.18. The van der Waals surface area contributed by atoms with E-state index in [1.54, 1.807) is 16.4 Å². The first-order valence-electron chi connectivity index (χ1n) is 7.00. The first-order valence-corrected chi connectivity index (χ1v) is 8.44. The Morgan fingerprint density at radius 3 is 2.85 bits per heavy atom. The zero-order valence-corrected chi connectivity index (χ0v) is 12.2. The summed E-state index contributed by atoms with van der Waals surface area (Å²) in [5, 5.41) is 0. The van der Waals surface area contributed by atoms with Gasteiger partial charge in [0.15, 0.2) is 0 Å². The van der Waals surface area contributed by atoms with Crippen LogP contribution in [0, 0.1) is 0 Å². The lowest BCUT2D eigenvalue weighted by Gasteiger charge is -2.36. The minimum Gasteiger partial charge on any atom is -0.325 e. The Morgan fingerprint density at radius 1 is 1.30 bits per heavy atom. The molecule has 2 aliphatic heterocycles. The van der Waals surface area contributed by atoms with E-state index in [0.29, 0.717) is 31.4 Å². The van der Waals surface area contributed by atoms with Gasteiger partial charge in [-0.2, -0.15) is 4.31 Å². The van der Waals surface area contributed by atoms with Crippen LogP contribution in [-0.4, -0.2) is 54.8 Å². The molecular weight excluding hydrogens is 276 g/mol. The minimum atomic E-state index is -3.42. The van der Waals surface area contributed by atoms with Crippen LogP contribution in [0.15, 0.2) is 23.2 Å². The molecule has 0 radical (unpaired) electrons. The van der Waals surface area contributed by atoms with E-state index >= 15 is 0 Å². The molecule has 1 aromatic heterocycles. The maximum Gasteiger partial charge on any atom is 0.244 e. The van der Waals surface area contributed by atoms with E-state index in [2.05, 4.69) is 9.88 Å². The van der Waals surface area contributed by atoms with Crippen molar-refractivity contribution < 1.29 is 8.42 Å². The van der Waals surface area contributed by atoms with Crippen LogP contribution in [0.5, 0.6) is 0 Å². The molecule has 7 heteroatoms. The Morgan fingerprint density at radius 2 is 2.15 bits per heavy atom. The van der Waals surface area contributed by atoms with E-state index in [4.69, 9.17) is 5.73 Å². The lowest BCUT2D eigenvalue weighted by atomic mass is 10.2. The van der Waals surface area contributed by atoms with Crippen LogP contribution < -0.4 is 5.73 Å². The first-order chi connectivity index (χ1) is 9.61. The Labute approximate surface area is 119 Å². The average Bonchev–Trinajstić information content (AvgIpc) is 2.94. The van der Waals surface area contributed by atoms with Gasteiger partial charge in [0.1, 0.15) is 4.90 Å². The van der Waals surface area contributed by atoms with Gasteiger partial charge in [-0.1, -0.05) is 0 Å². The number of fused-ring (bicyclic) bond motifs is 1. The molecule has 3 rings (SSSR count). The SMILES string of the molecule is NCc1ccc(S(=O)(=O)N2CCN3CCCC3C2)cn1. The second-order valence-corrected chi connectivity index (χ2v) is 7.32. The third-order valence-corrected chi connectivity index (χ3v) is 6.04. The topological polar surface area (TPSA) is 79.5 Å². The monoisotopic (exact) mass is 296 g/mol. The van der Waals surface area contributed by atoms with Crippen molar-refractivity contribution in [3.63, 3.8) is 0 Å². The molecule has 2 aliphatic rings. The van der Waals surface area contributed by atoms with E-state index in [1.807, 2.05) is 0 Å². The molecule has 2 saturated heterocycles. The lowest BCUT2D eigenvalue weighted by Crippen LogP contribution is -2.51. The number of aromatic nitrogens is 1. The fourth-order valence-corrected chi connectivity index (χ4v) is 4.43. The van der Waals surface area contributed by atoms with Gasteiger partial charge < -0.3 is 5.73 Å². The van der Waals surface area contributed by atoms with Crippen molar-refractivity contribution in [2.75, 3.05) is 26.2 Å². The van der Waals surface area contributed by atoms with Gasteiger partial charge in [-0.3, -0.25) is 9.88 Å². The molecule has 1 unspecified atom stereocenters.